The molecular formula is C16H20FN3O4. The SMILES string of the molecule is CN(C(=O)CN1CCOCC1F)C1CN(c2ccccc2)C(=O)O1. The van der Waals surface area contributed by atoms with E-state index in [1.54, 1.807) is 19.2 Å². The Bertz CT molecular complexity index is 600. The minimum absolute atomic E-state index is 0.0306. The average Bonchev–Trinajstić information content (AvgIpc) is 2.98. The first-order chi connectivity index (χ1) is 11.6. The van der Waals surface area contributed by atoms with Gasteiger partial charge in [0.05, 0.1) is 26.3 Å². The Morgan fingerprint density at radius 1 is 1.38 bits per heavy atom. The van der Waals surface area contributed by atoms with Crippen LogP contribution in [0.5, 0.6) is 0 Å². The van der Waals surface area contributed by atoms with Crippen molar-refractivity contribution in [2.45, 2.75) is 12.5 Å². The number of rotatable bonds is 4. The summed E-state index contributed by atoms with van der Waals surface area (Å²) in [6.07, 6.45) is -2.48. The van der Waals surface area contributed by atoms with E-state index >= 15 is 0 Å². The molecule has 2 unspecified atom stereocenters. The summed E-state index contributed by atoms with van der Waals surface area (Å²) < 4.78 is 24.0. The van der Waals surface area contributed by atoms with Crippen LogP contribution in [0, 0.1) is 0 Å². The molecule has 1 aromatic rings. The van der Waals surface area contributed by atoms with Crippen molar-refractivity contribution in [1.29, 1.82) is 0 Å². The van der Waals surface area contributed by atoms with Crippen LogP contribution in [0.3, 0.4) is 0 Å². The molecule has 0 N–H and O–H groups in total. The van der Waals surface area contributed by atoms with E-state index in [9.17, 15) is 14.0 Å². The number of carbonyl (C=O) groups is 2. The summed E-state index contributed by atoms with van der Waals surface area (Å²) in [4.78, 5) is 28.6. The smallest absolute Gasteiger partial charge is 0.416 e. The molecule has 8 heteroatoms. The molecule has 0 aromatic heterocycles. The van der Waals surface area contributed by atoms with Gasteiger partial charge in [0, 0.05) is 19.3 Å². The number of para-hydroxylation sites is 1. The number of likely N-dealkylation sites (N-methyl/N-ethyl adjacent to an activating group) is 1. The monoisotopic (exact) mass is 337 g/mol. The molecule has 0 spiro atoms. The van der Waals surface area contributed by atoms with Crippen molar-refractivity contribution in [3.63, 3.8) is 0 Å². The summed E-state index contributed by atoms with van der Waals surface area (Å²) in [5, 5.41) is 0. The summed E-state index contributed by atoms with van der Waals surface area (Å²) in [6.45, 7) is 0.907. The Morgan fingerprint density at radius 3 is 2.83 bits per heavy atom. The van der Waals surface area contributed by atoms with Crippen molar-refractivity contribution in [2.75, 3.05) is 44.8 Å². The van der Waals surface area contributed by atoms with E-state index in [0.29, 0.717) is 18.8 Å². The van der Waals surface area contributed by atoms with Gasteiger partial charge in [0.1, 0.15) is 0 Å². The lowest BCUT2D eigenvalue weighted by molar-refractivity contribution is -0.143. The van der Waals surface area contributed by atoms with Gasteiger partial charge in [0.15, 0.2) is 12.5 Å². The summed E-state index contributed by atoms with van der Waals surface area (Å²) >= 11 is 0. The number of cyclic esters (lactones) is 1. The van der Waals surface area contributed by atoms with E-state index < -0.39 is 18.6 Å². The molecule has 0 bridgehead atoms. The highest BCUT2D eigenvalue weighted by Crippen LogP contribution is 2.22. The van der Waals surface area contributed by atoms with Crippen molar-refractivity contribution in [3.8, 4) is 0 Å². The van der Waals surface area contributed by atoms with E-state index in [2.05, 4.69) is 0 Å². The third-order valence-electron chi connectivity index (χ3n) is 4.20. The van der Waals surface area contributed by atoms with Gasteiger partial charge in [-0.05, 0) is 12.1 Å². The molecule has 3 rings (SSSR count). The number of nitrogens with zero attached hydrogens (tertiary/aromatic N) is 3. The van der Waals surface area contributed by atoms with Crippen molar-refractivity contribution < 1.29 is 23.5 Å². The molecule has 2 heterocycles. The van der Waals surface area contributed by atoms with Gasteiger partial charge in [-0.3, -0.25) is 14.6 Å². The highest BCUT2D eigenvalue weighted by atomic mass is 19.1. The minimum atomic E-state index is -1.29. The minimum Gasteiger partial charge on any atom is -0.423 e. The molecule has 2 saturated heterocycles. The van der Waals surface area contributed by atoms with Crippen molar-refractivity contribution >= 4 is 17.7 Å². The predicted molar refractivity (Wildman–Crippen MR) is 84.1 cm³/mol. The zero-order valence-corrected chi connectivity index (χ0v) is 13.4. The van der Waals surface area contributed by atoms with Crippen molar-refractivity contribution in [2.24, 2.45) is 0 Å². The number of hydrogen-bond donors (Lipinski definition) is 0. The topological polar surface area (TPSA) is 62.3 Å². The summed E-state index contributed by atoms with van der Waals surface area (Å²) in [6, 6.07) is 9.10. The van der Waals surface area contributed by atoms with E-state index in [0.717, 1.165) is 0 Å². The Morgan fingerprint density at radius 2 is 2.12 bits per heavy atom. The van der Waals surface area contributed by atoms with Crippen molar-refractivity contribution in [1.82, 2.24) is 9.80 Å². The number of hydrogen-bond acceptors (Lipinski definition) is 5. The van der Waals surface area contributed by atoms with E-state index in [1.807, 2.05) is 18.2 Å². The largest absolute Gasteiger partial charge is 0.423 e. The molecule has 0 saturated carbocycles. The van der Waals surface area contributed by atoms with Gasteiger partial charge in [-0.25, -0.2) is 9.18 Å². The Labute approximate surface area is 139 Å². The molecule has 0 radical (unpaired) electrons. The van der Waals surface area contributed by atoms with Crippen LogP contribution in [-0.2, 0) is 14.3 Å². The molecule has 0 aliphatic carbocycles. The molecular weight excluding hydrogens is 317 g/mol. The van der Waals surface area contributed by atoms with E-state index in [-0.39, 0.29) is 25.6 Å². The van der Waals surface area contributed by atoms with Crippen LogP contribution in [0.25, 0.3) is 0 Å². The molecule has 2 aliphatic heterocycles. The zero-order chi connectivity index (χ0) is 17.1. The second-order valence-corrected chi connectivity index (χ2v) is 5.77. The third-order valence-corrected chi connectivity index (χ3v) is 4.20. The Balaban J connectivity index is 1.60. The number of amides is 2. The lowest BCUT2D eigenvalue weighted by Gasteiger charge is -2.32. The zero-order valence-electron chi connectivity index (χ0n) is 13.4. The molecule has 2 atom stereocenters. The first-order valence-electron chi connectivity index (χ1n) is 7.81. The number of alkyl halides is 1. The average molecular weight is 337 g/mol. The number of benzene rings is 1. The highest BCUT2D eigenvalue weighted by Gasteiger charge is 2.37. The molecule has 2 aliphatic rings. The first kappa shape index (κ1) is 16.7. The predicted octanol–water partition coefficient (Wildman–Crippen LogP) is 1.06. The second kappa shape index (κ2) is 7.14. The standard InChI is InChI=1S/C16H20FN3O4/c1-18(14(21)9-19-7-8-23-11-13(19)17)15-10-20(16(22)24-15)12-5-3-2-4-6-12/h2-6,13,15H,7-11H2,1H3. The van der Waals surface area contributed by atoms with Crippen LogP contribution in [-0.4, -0.2) is 74.2 Å². The van der Waals surface area contributed by atoms with Gasteiger partial charge in [0.25, 0.3) is 0 Å². The third kappa shape index (κ3) is 3.49. The Kier molecular flexibility index (Phi) is 4.96. The second-order valence-electron chi connectivity index (χ2n) is 5.77. The van der Waals surface area contributed by atoms with Gasteiger partial charge >= 0.3 is 6.09 Å². The maximum absolute atomic E-state index is 13.7. The highest BCUT2D eigenvalue weighted by molar-refractivity contribution is 5.90. The van der Waals surface area contributed by atoms with E-state index in [1.165, 1.54) is 14.7 Å². The summed E-state index contributed by atoms with van der Waals surface area (Å²) in [5.41, 5.74) is 0.711. The number of morpholine rings is 1. The quantitative estimate of drug-likeness (QED) is 0.769. The van der Waals surface area contributed by atoms with Crippen LogP contribution in [0.15, 0.2) is 30.3 Å². The van der Waals surface area contributed by atoms with Crippen LogP contribution in [0.2, 0.25) is 0 Å². The number of anilines is 1. The fourth-order valence-corrected chi connectivity index (χ4v) is 2.70. The molecule has 2 amide bonds. The van der Waals surface area contributed by atoms with Crippen molar-refractivity contribution in [3.05, 3.63) is 30.3 Å². The van der Waals surface area contributed by atoms with Gasteiger partial charge in [-0.1, -0.05) is 18.2 Å². The van der Waals surface area contributed by atoms with Gasteiger partial charge in [-0.15, -0.1) is 0 Å². The lowest BCUT2D eigenvalue weighted by atomic mass is 10.3. The van der Waals surface area contributed by atoms with E-state index in [4.69, 9.17) is 9.47 Å². The lowest BCUT2D eigenvalue weighted by Crippen LogP contribution is -2.50. The molecule has 2 fully saturated rings. The van der Waals surface area contributed by atoms with Gasteiger partial charge < -0.3 is 14.4 Å². The van der Waals surface area contributed by atoms with Gasteiger partial charge in [-0.2, -0.15) is 0 Å². The molecule has 7 nitrogen and oxygen atoms in total. The maximum Gasteiger partial charge on any atom is 0.416 e. The fourth-order valence-electron chi connectivity index (χ4n) is 2.70. The fraction of sp³-hybridized carbons (Fsp3) is 0.500. The molecule has 1 aromatic carbocycles. The number of halogens is 1. The first-order valence-corrected chi connectivity index (χ1v) is 7.81. The number of carbonyl (C=O) groups excluding carboxylic acids is 2. The van der Waals surface area contributed by atoms with Gasteiger partial charge in [0.2, 0.25) is 5.91 Å². The van der Waals surface area contributed by atoms with Crippen LogP contribution < -0.4 is 4.90 Å². The summed E-state index contributed by atoms with van der Waals surface area (Å²) in [5.74, 6) is -0.299. The maximum atomic E-state index is 13.7. The van der Waals surface area contributed by atoms with Crippen LogP contribution in [0.4, 0.5) is 14.9 Å². The summed E-state index contributed by atoms with van der Waals surface area (Å²) in [7, 11) is 1.56. The Hall–Kier alpha value is -2.19. The van der Waals surface area contributed by atoms with Crippen LogP contribution in [0.1, 0.15) is 0 Å². The number of ether oxygens (including phenoxy) is 2. The molecule has 130 valence electrons. The van der Waals surface area contributed by atoms with Crippen LogP contribution >= 0.6 is 0 Å². The molecule has 24 heavy (non-hydrogen) atoms. The normalized spacial score (nSPS) is 24.8.